The van der Waals surface area contributed by atoms with Gasteiger partial charge in [0.25, 0.3) is 0 Å². The normalized spacial score (nSPS) is 13.2. The molecule has 1 saturated carbocycles. The highest BCUT2D eigenvalue weighted by atomic mass is 19.1. The molecule has 0 unspecified atom stereocenters. The van der Waals surface area contributed by atoms with E-state index in [-0.39, 0.29) is 24.2 Å². The molecule has 1 aromatic carbocycles. The van der Waals surface area contributed by atoms with Gasteiger partial charge in [0, 0.05) is 25.1 Å². The number of amides is 2. The average molecular weight is 408 g/mol. The van der Waals surface area contributed by atoms with Gasteiger partial charge in [0.15, 0.2) is 0 Å². The molecule has 0 spiro atoms. The lowest BCUT2D eigenvalue weighted by Gasteiger charge is -2.08. The molecule has 0 radical (unpaired) electrons. The Kier molecular flexibility index (Phi) is 10.5. The second kappa shape index (κ2) is 13.1. The fourth-order valence-electron chi connectivity index (χ4n) is 2.94. The first-order chi connectivity index (χ1) is 14.0. The Morgan fingerprint density at radius 1 is 1.00 bits per heavy atom. The third kappa shape index (κ3) is 11.4. The Labute approximate surface area is 173 Å². The van der Waals surface area contributed by atoms with Crippen molar-refractivity contribution in [1.82, 2.24) is 16.0 Å². The van der Waals surface area contributed by atoms with Crippen LogP contribution in [0.4, 0.5) is 4.39 Å². The predicted octanol–water partition coefficient (Wildman–Crippen LogP) is 2.84. The van der Waals surface area contributed by atoms with Crippen LogP contribution in [0, 0.1) is 12.7 Å². The summed E-state index contributed by atoms with van der Waals surface area (Å²) < 4.78 is 18.8. The van der Waals surface area contributed by atoms with Crippen molar-refractivity contribution in [3.8, 4) is 5.75 Å². The fourth-order valence-corrected chi connectivity index (χ4v) is 2.94. The van der Waals surface area contributed by atoms with Gasteiger partial charge in [0.2, 0.25) is 11.8 Å². The molecule has 1 aromatic rings. The number of carbonyl (C=O) groups excluding carboxylic acids is 2. The van der Waals surface area contributed by atoms with Gasteiger partial charge < -0.3 is 20.7 Å². The van der Waals surface area contributed by atoms with Gasteiger partial charge in [-0.25, -0.2) is 4.39 Å². The number of ether oxygens (including phenoxy) is 1. The molecule has 1 aliphatic rings. The topological polar surface area (TPSA) is 79.5 Å². The van der Waals surface area contributed by atoms with Gasteiger partial charge in [-0.05, 0) is 76.1 Å². The number of nitrogens with one attached hydrogen (secondary N) is 3. The van der Waals surface area contributed by atoms with E-state index in [1.807, 2.05) is 6.92 Å². The van der Waals surface area contributed by atoms with Crippen molar-refractivity contribution in [1.29, 1.82) is 0 Å². The van der Waals surface area contributed by atoms with Gasteiger partial charge >= 0.3 is 0 Å². The highest BCUT2D eigenvalue weighted by molar-refractivity contribution is 5.84. The lowest BCUT2D eigenvalue weighted by Crippen LogP contribution is -2.37. The molecule has 29 heavy (non-hydrogen) atoms. The summed E-state index contributed by atoms with van der Waals surface area (Å²) in [7, 11) is 0. The first kappa shape index (κ1) is 23.1. The molecule has 1 fully saturated rings. The maximum atomic E-state index is 13.3. The Bertz CT molecular complexity index is 630. The summed E-state index contributed by atoms with van der Waals surface area (Å²) in [6.07, 6.45) is 7.31. The van der Waals surface area contributed by atoms with Crippen LogP contribution in [0.3, 0.4) is 0 Å². The van der Waals surface area contributed by atoms with E-state index in [2.05, 4.69) is 16.0 Å². The maximum absolute atomic E-state index is 13.3. The lowest BCUT2D eigenvalue weighted by atomic mass is 10.2. The van der Waals surface area contributed by atoms with E-state index < -0.39 is 0 Å². The van der Waals surface area contributed by atoms with E-state index in [9.17, 15) is 14.0 Å². The molecule has 0 atom stereocenters. The summed E-state index contributed by atoms with van der Waals surface area (Å²) >= 11 is 0. The Morgan fingerprint density at radius 3 is 2.55 bits per heavy atom. The molecule has 2 rings (SSSR count). The number of halogens is 1. The zero-order chi connectivity index (χ0) is 20.9. The van der Waals surface area contributed by atoms with Crippen molar-refractivity contribution in [2.45, 2.75) is 64.3 Å². The molecule has 0 saturated heterocycles. The first-order valence-electron chi connectivity index (χ1n) is 10.7. The number of hydrogen-bond donors (Lipinski definition) is 3. The monoisotopic (exact) mass is 407 g/mol. The summed E-state index contributed by atoms with van der Waals surface area (Å²) in [5, 5.41) is 8.91. The second-order valence-electron chi connectivity index (χ2n) is 7.69. The molecule has 6 nitrogen and oxygen atoms in total. The van der Waals surface area contributed by atoms with E-state index in [0.717, 1.165) is 50.3 Å². The molecule has 0 aliphatic heterocycles. The van der Waals surface area contributed by atoms with Crippen LogP contribution in [0.1, 0.15) is 56.9 Å². The largest absolute Gasteiger partial charge is 0.493 e. The highest BCUT2D eigenvalue weighted by Crippen LogP contribution is 2.18. The van der Waals surface area contributed by atoms with Crippen LogP contribution in [0.25, 0.3) is 0 Å². The summed E-state index contributed by atoms with van der Waals surface area (Å²) in [5.74, 6) is -0.0283. The standard InChI is InChI=1S/C22H34FN3O3/c1-17-13-18(23)15-20(14-17)29-12-6-2-3-7-21(27)26-16-22(28)25-11-5-4-10-24-19-8-9-19/h13-15,19,24H,2-12,16H2,1H3,(H,25,28)(H,26,27). The number of unbranched alkanes of at least 4 members (excludes halogenated alkanes) is 3. The van der Waals surface area contributed by atoms with Crippen LogP contribution < -0.4 is 20.7 Å². The quantitative estimate of drug-likeness (QED) is 0.391. The molecular weight excluding hydrogens is 373 g/mol. The Morgan fingerprint density at radius 2 is 1.79 bits per heavy atom. The Balaban J connectivity index is 1.39. The van der Waals surface area contributed by atoms with Crippen LogP contribution in [0.5, 0.6) is 5.75 Å². The molecule has 7 heteroatoms. The van der Waals surface area contributed by atoms with Gasteiger partial charge in [0.05, 0.1) is 13.2 Å². The molecule has 0 heterocycles. The smallest absolute Gasteiger partial charge is 0.239 e. The van der Waals surface area contributed by atoms with Crippen molar-refractivity contribution in [3.05, 3.63) is 29.6 Å². The van der Waals surface area contributed by atoms with Crippen molar-refractivity contribution >= 4 is 11.8 Å². The van der Waals surface area contributed by atoms with Crippen molar-refractivity contribution in [2.24, 2.45) is 0 Å². The zero-order valence-corrected chi connectivity index (χ0v) is 17.4. The van der Waals surface area contributed by atoms with E-state index in [4.69, 9.17) is 4.74 Å². The van der Waals surface area contributed by atoms with E-state index in [1.54, 1.807) is 6.07 Å². The van der Waals surface area contributed by atoms with Crippen molar-refractivity contribution < 1.29 is 18.7 Å². The molecule has 0 aromatic heterocycles. The predicted molar refractivity (Wildman–Crippen MR) is 111 cm³/mol. The van der Waals surface area contributed by atoms with Crippen molar-refractivity contribution in [3.63, 3.8) is 0 Å². The minimum Gasteiger partial charge on any atom is -0.493 e. The van der Waals surface area contributed by atoms with Gasteiger partial charge in [-0.15, -0.1) is 0 Å². The van der Waals surface area contributed by atoms with Gasteiger partial charge in [-0.2, -0.15) is 0 Å². The molecule has 2 amide bonds. The summed E-state index contributed by atoms with van der Waals surface area (Å²) in [4.78, 5) is 23.5. The third-order valence-corrected chi connectivity index (χ3v) is 4.71. The van der Waals surface area contributed by atoms with E-state index in [0.29, 0.717) is 25.3 Å². The number of aryl methyl sites for hydroxylation is 1. The summed E-state index contributed by atoms with van der Waals surface area (Å²) in [5.41, 5.74) is 0.825. The van der Waals surface area contributed by atoms with Crippen LogP contribution in [0.2, 0.25) is 0 Å². The molecule has 1 aliphatic carbocycles. The maximum Gasteiger partial charge on any atom is 0.239 e. The molecule has 162 valence electrons. The van der Waals surface area contributed by atoms with E-state index in [1.165, 1.54) is 25.0 Å². The van der Waals surface area contributed by atoms with Crippen molar-refractivity contribution in [2.75, 3.05) is 26.2 Å². The summed E-state index contributed by atoms with van der Waals surface area (Å²) in [6.45, 7) is 3.99. The van der Waals surface area contributed by atoms with Crippen LogP contribution >= 0.6 is 0 Å². The number of hydrogen-bond acceptors (Lipinski definition) is 4. The lowest BCUT2D eigenvalue weighted by molar-refractivity contribution is -0.126. The van der Waals surface area contributed by atoms with Gasteiger partial charge in [-0.1, -0.05) is 0 Å². The minimum absolute atomic E-state index is 0.0290. The Hall–Kier alpha value is -2.15. The van der Waals surface area contributed by atoms with Crippen LogP contribution in [-0.2, 0) is 9.59 Å². The average Bonchev–Trinajstić information content (AvgIpc) is 3.49. The highest BCUT2D eigenvalue weighted by Gasteiger charge is 2.19. The summed E-state index contributed by atoms with van der Waals surface area (Å²) in [6, 6.07) is 5.35. The molecular formula is C22H34FN3O3. The van der Waals surface area contributed by atoms with E-state index >= 15 is 0 Å². The number of benzene rings is 1. The SMILES string of the molecule is Cc1cc(F)cc(OCCCCCC(=O)NCC(=O)NCCCCNC2CC2)c1. The van der Waals surface area contributed by atoms with Gasteiger partial charge in [-0.3, -0.25) is 9.59 Å². The van der Waals surface area contributed by atoms with Gasteiger partial charge in [0.1, 0.15) is 11.6 Å². The minimum atomic E-state index is -0.300. The fraction of sp³-hybridized carbons (Fsp3) is 0.636. The second-order valence-corrected chi connectivity index (χ2v) is 7.69. The van der Waals surface area contributed by atoms with Crippen LogP contribution in [-0.4, -0.2) is 44.1 Å². The third-order valence-electron chi connectivity index (χ3n) is 4.71. The number of carbonyl (C=O) groups is 2. The zero-order valence-electron chi connectivity index (χ0n) is 17.4. The molecule has 0 bridgehead atoms. The first-order valence-corrected chi connectivity index (χ1v) is 10.7. The van der Waals surface area contributed by atoms with Crippen LogP contribution in [0.15, 0.2) is 18.2 Å². The molecule has 3 N–H and O–H groups in total. The number of rotatable bonds is 15.